The maximum Gasteiger partial charge on any atom is 0.118 e. The third-order valence-electron chi connectivity index (χ3n) is 4.00. The Kier molecular flexibility index (Phi) is 3.97. The third-order valence-corrected chi connectivity index (χ3v) is 4.00. The van der Waals surface area contributed by atoms with E-state index in [0.29, 0.717) is 0 Å². The molecule has 0 saturated carbocycles. The summed E-state index contributed by atoms with van der Waals surface area (Å²) in [5.41, 5.74) is 7.60. The van der Waals surface area contributed by atoms with E-state index in [0.717, 1.165) is 5.75 Å². The molecule has 0 fully saturated rings. The van der Waals surface area contributed by atoms with Gasteiger partial charge in [-0.3, -0.25) is 0 Å². The fraction of sp³-hybridized carbons (Fsp3) is 0.143. The van der Waals surface area contributed by atoms with Gasteiger partial charge in [0.15, 0.2) is 0 Å². The van der Waals surface area contributed by atoms with Crippen molar-refractivity contribution in [2.45, 2.75) is 13.8 Å². The summed E-state index contributed by atoms with van der Waals surface area (Å²) in [6.07, 6.45) is 0. The summed E-state index contributed by atoms with van der Waals surface area (Å²) in [6, 6.07) is 23.5. The molecular weight excluding hydrogens is 268 g/mol. The van der Waals surface area contributed by atoms with Gasteiger partial charge in [-0.2, -0.15) is 0 Å². The molecule has 0 spiro atoms. The van der Waals surface area contributed by atoms with Gasteiger partial charge in [-0.1, -0.05) is 60.2 Å². The minimum atomic E-state index is 0.885. The minimum absolute atomic E-state index is 0.885. The van der Waals surface area contributed by atoms with E-state index in [1.807, 2.05) is 12.1 Å². The van der Waals surface area contributed by atoms with Gasteiger partial charge in [0.25, 0.3) is 0 Å². The van der Waals surface area contributed by atoms with E-state index in [1.165, 1.54) is 33.4 Å². The van der Waals surface area contributed by atoms with Gasteiger partial charge >= 0.3 is 0 Å². The molecular formula is C21H20O. The van der Waals surface area contributed by atoms with Crippen LogP contribution in [0.1, 0.15) is 11.1 Å². The van der Waals surface area contributed by atoms with Crippen LogP contribution in [0.4, 0.5) is 0 Å². The van der Waals surface area contributed by atoms with Gasteiger partial charge in [0.2, 0.25) is 0 Å². The van der Waals surface area contributed by atoms with Gasteiger partial charge in [-0.05, 0) is 53.8 Å². The van der Waals surface area contributed by atoms with Gasteiger partial charge in [0.1, 0.15) is 5.75 Å². The van der Waals surface area contributed by atoms with E-state index in [4.69, 9.17) is 4.74 Å². The molecule has 0 aromatic heterocycles. The highest BCUT2D eigenvalue weighted by atomic mass is 16.5. The molecule has 0 saturated heterocycles. The Labute approximate surface area is 132 Å². The molecule has 0 aliphatic heterocycles. The van der Waals surface area contributed by atoms with E-state index in [1.54, 1.807) is 7.11 Å². The van der Waals surface area contributed by atoms with Crippen LogP contribution in [-0.2, 0) is 0 Å². The molecule has 3 rings (SSSR count). The zero-order chi connectivity index (χ0) is 15.5. The number of hydrogen-bond donors (Lipinski definition) is 0. The largest absolute Gasteiger partial charge is 0.497 e. The first-order valence-corrected chi connectivity index (χ1v) is 7.49. The van der Waals surface area contributed by atoms with Crippen molar-refractivity contribution >= 4 is 0 Å². The zero-order valence-electron chi connectivity index (χ0n) is 13.3. The summed E-state index contributed by atoms with van der Waals surface area (Å²) < 4.78 is 5.20. The van der Waals surface area contributed by atoms with E-state index in [2.05, 4.69) is 68.4 Å². The van der Waals surface area contributed by atoms with Gasteiger partial charge in [0.05, 0.1) is 7.11 Å². The maximum atomic E-state index is 5.20. The molecule has 110 valence electrons. The van der Waals surface area contributed by atoms with Crippen LogP contribution in [0.3, 0.4) is 0 Å². The Balaban J connectivity index is 1.91. The molecule has 0 aliphatic rings. The average Bonchev–Trinajstić information content (AvgIpc) is 2.55. The summed E-state index contributed by atoms with van der Waals surface area (Å²) in [7, 11) is 1.69. The third kappa shape index (κ3) is 2.89. The molecule has 22 heavy (non-hydrogen) atoms. The predicted molar refractivity (Wildman–Crippen MR) is 93.3 cm³/mol. The number of methoxy groups -OCH3 is 1. The van der Waals surface area contributed by atoms with Crippen LogP contribution < -0.4 is 4.74 Å². The first-order valence-electron chi connectivity index (χ1n) is 7.49. The molecule has 0 unspecified atom stereocenters. The molecule has 1 nitrogen and oxygen atoms in total. The molecule has 0 radical (unpaired) electrons. The van der Waals surface area contributed by atoms with E-state index >= 15 is 0 Å². The molecule has 0 atom stereocenters. The van der Waals surface area contributed by atoms with E-state index in [-0.39, 0.29) is 0 Å². The second kappa shape index (κ2) is 6.07. The second-order valence-corrected chi connectivity index (χ2v) is 5.62. The standard InChI is InChI=1S/C21H20O/c1-15-4-13-21(16(2)14-15)19-7-5-17(6-8-19)18-9-11-20(22-3)12-10-18/h4-14H,1-3H3. The molecule has 0 aliphatic carbocycles. The number of rotatable bonds is 3. The van der Waals surface area contributed by atoms with Crippen molar-refractivity contribution in [2.24, 2.45) is 0 Å². The smallest absolute Gasteiger partial charge is 0.118 e. The van der Waals surface area contributed by atoms with E-state index in [9.17, 15) is 0 Å². The van der Waals surface area contributed by atoms with Crippen LogP contribution >= 0.6 is 0 Å². The fourth-order valence-corrected chi connectivity index (χ4v) is 2.76. The highest BCUT2D eigenvalue weighted by Gasteiger charge is 2.03. The maximum absolute atomic E-state index is 5.20. The van der Waals surface area contributed by atoms with Gasteiger partial charge < -0.3 is 4.74 Å². The van der Waals surface area contributed by atoms with Crippen molar-refractivity contribution in [1.82, 2.24) is 0 Å². The summed E-state index contributed by atoms with van der Waals surface area (Å²) in [5, 5.41) is 0. The Morgan fingerprint density at radius 1 is 0.636 bits per heavy atom. The Morgan fingerprint density at radius 2 is 1.18 bits per heavy atom. The van der Waals surface area contributed by atoms with Gasteiger partial charge in [-0.25, -0.2) is 0 Å². The van der Waals surface area contributed by atoms with Crippen molar-refractivity contribution in [3.05, 3.63) is 77.9 Å². The van der Waals surface area contributed by atoms with Crippen molar-refractivity contribution in [1.29, 1.82) is 0 Å². The summed E-state index contributed by atoms with van der Waals surface area (Å²) >= 11 is 0. The van der Waals surface area contributed by atoms with Crippen molar-refractivity contribution in [3.63, 3.8) is 0 Å². The normalized spacial score (nSPS) is 10.5. The Bertz CT molecular complexity index is 768. The lowest BCUT2D eigenvalue weighted by Crippen LogP contribution is -1.86. The van der Waals surface area contributed by atoms with Gasteiger partial charge in [0, 0.05) is 0 Å². The molecule has 0 bridgehead atoms. The van der Waals surface area contributed by atoms with Crippen LogP contribution in [0, 0.1) is 13.8 Å². The van der Waals surface area contributed by atoms with Crippen molar-refractivity contribution in [2.75, 3.05) is 7.11 Å². The number of hydrogen-bond acceptors (Lipinski definition) is 1. The highest BCUT2D eigenvalue weighted by molar-refractivity contribution is 5.72. The van der Waals surface area contributed by atoms with Crippen LogP contribution in [0.2, 0.25) is 0 Å². The average molecular weight is 288 g/mol. The Hall–Kier alpha value is -2.54. The topological polar surface area (TPSA) is 9.23 Å². The lowest BCUT2D eigenvalue weighted by atomic mass is 9.96. The summed E-state index contributed by atoms with van der Waals surface area (Å²) in [4.78, 5) is 0. The van der Waals surface area contributed by atoms with Crippen molar-refractivity contribution in [3.8, 4) is 28.0 Å². The number of benzene rings is 3. The number of aryl methyl sites for hydroxylation is 2. The molecule has 0 heterocycles. The van der Waals surface area contributed by atoms with Crippen LogP contribution in [0.5, 0.6) is 5.75 Å². The molecule has 3 aromatic rings. The quantitative estimate of drug-likeness (QED) is 0.605. The first-order chi connectivity index (χ1) is 10.7. The molecule has 0 N–H and O–H groups in total. The predicted octanol–water partition coefficient (Wildman–Crippen LogP) is 5.65. The lowest BCUT2D eigenvalue weighted by molar-refractivity contribution is 0.415. The summed E-state index contributed by atoms with van der Waals surface area (Å²) in [6.45, 7) is 4.29. The second-order valence-electron chi connectivity index (χ2n) is 5.62. The fourth-order valence-electron chi connectivity index (χ4n) is 2.76. The SMILES string of the molecule is COc1ccc(-c2ccc(-c3ccc(C)cc3C)cc2)cc1. The number of ether oxygens (including phenoxy) is 1. The van der Waals surface area contributed by atoms with Gasteiger partial charge in [-0.15, -0.1) is 0 Å². The molecule has 3 aromatic carbocycles. The molecule has 1 heteroatoms. The van der Waals surface area contributed by atoms with Crippen molar-refractivity contribution < 1.29 is 4.74 Å². The van der Waals surface area contributed by atoms with Crippen LogP contribution in [0.15, 0.2) is 66.7 Å². The zero-order valence-corrected chi connectivity index (χ0v) is 13.3. The minimum Gasteiger partial charge on any atom is -0.497 e. The van der Waals surface area contributed by atoms with Crippen LogP contribution in [0.25, 0.3) is 22.3 Å². The van der Waals surface area contributed by atoms with Crippen LogP contribution in [-0.4, -0.2) is 7.11 Å². The summed E-state index contributed by atoms with van der Waals surface area (Å²) in [5.74, 6) is 0.885. The molecule has 0 amide bonds. The highest BCUT2D eigenvalue weighted by Crippen LogP contribution is 2.28. The van der Waals surface area contributed by atoms with E-state index < -0.39 is 0 Å². The Morgan fingerprint density at radius 3 is 1.73 bits per heavy atom. The lowest BCUT2D eigenvalue weighted by Gasteiger charge is -2.09. The monoisotopic (exact) mass is 288 g/mol. The first kappa shape index (κ1) is 14.4.